The fourth-order valence-corrected chi connectivity index (χ4v) is 3.49. The van der Waals surface area contributed by atoms with Gasteiger partial charge in [0.05, 0.1) is 6.61 Å². The van der Waals surface area contributed by atoms with Crippen molar-refractivity contribution >= 4 is 22.5 Å². The highest BCUT2D eigenvalue weighted by atomic mass is 16.5. The zero-order valence-corrected chi connectivity index (χ0v) is 16.6. The molecule has 1 atom stereocenters. The fraction of sp³-hybridized carbons (Fsp3) is 0.348. The summed E-state index contributed by atoms with van der Waals surface area (Å²) in [7, 11) is 0. The van der Waals surface area contributed by atoms with Crippen LogP contribution >= 0.6 is 0 Å². The van der Waals surface area contributed by atoms with Crippen LogP contribution in [0.1, 0.15) is 44.9 Å². The molecule has 0 aliphatic rings. The molecule has 0 aliphatic heterocycles. The number of aromatic nitrogens is 1. The third-order valence-electron chi connectivity index (χ3n) is 5.05. The smallest absolute Gasteiger partial charge is 0.247 e. The number of para-hydroxylation sites is 1. The Balaban J connectivity index is 1.87. The maximum atomic E-state index is 13.0. The number of nitrogens with zero attached hydrogens (tertiary/aromatic N) is 1. The van der Waals surface area contributed by atoms with Gasteiger partial charge in [-0.15, -0.1) is 0 Å². The Morgan fingerprint density at radius 3 is 2.41 bits per heavy atom. The highest BCUT2D eigenvalue weighted by molar-refractivity contribution is 5.96. The number of nitrogens with one attached hydrogen (secondary N) is 1. The van der Waals surface area contributed by atoms with E-state index in [4.69, 9.17) is 4.74 Å². The Hall–Kier alpha value is -2.75. The normalized spacial score (nSPS) is 12.1. The second kappa shape index (κ2) is 8.30. The van der Waals surface area contributed by atoms with Gasteiger partial charge in [-0.2, -0.15) is 0 Å². The number of aryl methyl sites for hydroxylation is 2. The van der Waals surface area contributed by atoms with Gasteiger partial charge in [-0.3, -0.25) is 4.79 Å². The zero-order chi connectivity index (χ0) is 19.4. The van der Waals surface area contributed by atoms with Crippen molar-refractivity contribution in [3.8, 4) is 5.75 Å². The van der Waals surface area contributed by atoms with Crippen LogP contribution in [0.2, 0.25) is 0 Å². The number of fused-ring (bicyclic) bond motifs is 1. The van der Waals surface area contributed by atoms with Gasteiger partial charge in [-0.25, -0.2) is 0 Å². The van der Waals surface area contributed by atoms with Crippen molar-refractivity contribution < 1.29 is 9.53 Å². The van der Waals surface area contributed by atoms with E-state index in [2.05, 4.69) is 37.4 Å². The average molecular weight is 364 g/mol. The molecule has 1 unspecified atom stereocenters. The number of amides is 1. The van der Waals surface area contributed by atoms with Gasteiger partial charge in [0.15, 0.2) is 0 Å². The number of anilines is 1. The van der Waals surface area contributed by atoms with Crippen LogP contribution in [0, 0.1) is 0 Å². The molecule has 0 saturated carbocycles. The van der Waals surface area contributed by atoms with Crippen LogP contribution in [-0.4, -0.2) is 17.1 Å². The third kappa shape index (κ3) is 3.85. The minimum absolute atomic E-state index is 0.00279. The van der Waals surface area contributed by atoms with Crippen molar-refractivity contribution in [1.29, 1.82) is 0 Å². The molecule has 4 heteroatoms. The van der Waals surface area contributed by atoms with E-state index in [0.717, 1.165) is 35.2 Å². The summed E-state index contributed by atoms with van der Waals surface area (Å²) in [4.78, 5) is 13.0. The molecule has 0 fully saturated rings. The van der Waals surface area contributed by atoms with Crippen molar-refractivity contribution in [3.63, 3.8) is 0 Å². The lowest BCUT2D eigenvalue weighted by Gasteiger charge is -2.19. The molecule has 0 aliphatic carbocycles. The first kappa shape index (κ1) is 19.0. The topological polar surface area (TPSA) is 43.3 Å². The monoisotopic (exact) mass is 364 g/mol. The maximum Gasteiger partial charge on any atom is 0.247 e. The van der Waals surface area contributed by atoms with Crippen molar-refractivity contribution in [1.82, 2.24) is 4.57 Å². The zero-order valence-electron chi connectivity index (χ0n) is 16.6. The molecule has 3 aromatic rings. The van der Waals surface area contributed by atoms with E-state index < -0.39 is 0 Å². The Bertz CT molecular complexity index is 920. The Morgan fingerprint density at radius 2 is 1.78 bits per heavy atom. The van der Waals surface area contributed by atoms with Gasteiger partial charge in [0.1, 0.15) is 11.8 Å². The number of carbonyl (C=O) groups is 1. The highest BCUT2D eigenvalue weighted by Gasteiger charge is 2.19. The van der Waals surface area contributed by atoms with Gasteiger partial charge < -0.3 is 14.6 Å². The summed E-state index contributed by atoms with van der Waals surface area (Å²) in [5, 5.41) is 4.25. The van der Waals surface area contributed by atoms with Crippen molar-refractivity contribution in [3.05, 3.63) is 59.8 Å². The quantitative estimate of drug-likeness (QED) is 0.613. The van der Waals surface area contributed by atoms with Crippen LogP contribution in [0.15, 0.2) is 48.7 Å². The molecule has 1 heterocycles. The van der Waals surface area contributed by atoms with Crippen LogP contribution in [0.5, 0.6) is 5.75 Å². The molecule has 27 heavy (non-hydrogen) atoms. The van der Waals surface area contributed by atoms with Crippen molar-refractivity contribution in [2.24, 2.45) is 0 Å². The number of hydrogen-bond acceptors (Lipinski definition) is 2. The summed E-state index contributed by atoms with van der Waals surface area (Å²) in [5.41, 5.74) is 4.34. The minimum atomic E-state index is -0.310. The highest BCUT2D eigenvalue weighted by Crippen LogP contribution is 2.27. The number of ether oxygens (including phenoxy) is 1. The van der Waals surface area contributed by atoms with Crippen LogP contribution in [0.3, 0.4) is 0 Å². The molecule has 3 rings (SSSR count). The second-order valence-corrected chi connectivity index (χ2v) is 6.70. The Kier molecular flexibility index (Phi) is 5.84. The second-order valence-electron chi connectivity index (χ2n) is 6.70. The molecule has 0 spiro atoms. The van der Waals surface area contributed by atoms with Crippen molar-refractivity contribution in [2.45, 2.75) is 46.6 Å². The minimum Gasteiger partial charge on any atom is -0.494 e. The molecule has 1 aromatic heterocycles. The van der Waals surface area contributed by atoms with Gasteiger partial charge >= 0.3 is 0 Å². The summed E-state index contributed by atoms with van der Waals surface area (Å²) in [6.07, 6.45) is 3.76. The molecular weight excluding hydrogens is 336 g/mol. The third-order valence-corrected chi connectivity index (χ3v) is 5.05. The SMILES string of the molecule is CCOc1ccc2c(ccn2C(C)C(=O)Nc2c(CC)cccc2CC)c1. The summed E-state index contributed by atoms with van der Waals surface area (Å²) >= 11 is 0. The number of rotatable bonds is 7. The molecular formula is C23H28N2O2. The van der Waals surface area contributed by atoms with Crippen molar-refractivity contribution in [2.75, 3.05) is 11.9 Å². The predicted octanol–water partition coefficient (Wildman–Crippen LogP) is 5.36. The van der Waals surface area contributed by atoms with Gasteiger partial charge in [0, 0.05) is 22.8 Å². The van der Waals surface area contributed by atoms with E-state index in [1.165, 1.54) is 11.1 Å². The van der Waals surface area contributed by atoms with Gasteiger partial charge in [0.2, 0.25) is 5.91 Å². The van der Waals surface area contributed by atoms with E-state index in [0.29, 0.717) is 6.61 Å². The standard InChI is InChI=1S/C23H28N2O2/c1-5-17-9-8-10-18(6-2)22(17)24-23(26)16(4)25-14-13-19-15-20(27-7-3)11-12-21(19)25/h8-16H,5-7H2,1-4H3,(H,24,26). The first-order valence-corrected chi connectivity index (χ1v) is 9.74. The summed E-state index contributed by atoms with van der Waals surface area (Å²) < 4.78 is 7.59. The molecule has 4 nitrogen and oxygen atoms in total. The van der Waals surface area contributed by atoms with E-state index in [1.807, 2.05) is 48.9 Å². The molecule has 2 aromatic carbocycles. The fourth-order valence-electron chi connectivity index (χ4n) is 3.49. The van der Waals surface area contributed by atoms with Crippen LogP contribution in [-0.2, 0) is 17.6 Å². The lowest BCUT2D eigenvalue weighted by molar-refractivity contribution is -0.118. The van der Waals surface area contributed by atoms with E-state index >= 15 is 0 Å². The summed E-state index contributed by atoms with van der Waals surface area (Å²) in [5.74, 6) is 0.848. The van der Waals surface area contributed by atoms with Gasteiger partial charge in [-0.1, -0.05) is 32.0 Å². The molecule has 0 radical (unpaired) electrons. The van der Waals surface area contributed by atoms with Crippen LogP contribution in [0.4, 0.5) is 5.69 Å². The maximum absolute atomic E-state index is 13.0. The summed E-state index contributed by atoms with van der Waals surface area (Å²) in [6.45, 7) is 8.78. The molecule has 1 N–H and O–H groups in total. The predicted molar refractivity (Wildman–Crippen MR) is 112 cm³/mol. The Labute approximate surface area is 161 Å². The summed E-state index contributed by atoms with van der Waals surface area (Å²) in [6, 6.07) is 13.9. The number of carbonyl (C=O) groups excluding carboxylic acids is 1. The number of hydrogen-bond donors (Lipinski definition) is 1. The lowest BCUT2D eigenvalue weighted by atomic mass is 10.0. The first-order chi connectivity index (χ1) is 13.1. The van der Waals surface area contributed by atoms with Crippen LogP contribution < -0.4 is 10.1 Å². The molecule has 1 amide bonds. The molecule has 142 valence electrons. The number of benzene rings is 2. The van der Waals surface area contributed by atoms with E-state index in [1.54, 1.807) is 0 Å². The largest absolute Gasteiger partial charge is 0.494 e. The average Bonchev–Trinajstić information content (AvgIpc) is 3.10. The van der Waals surface area contributed by atoms with Gasteiger partial charge in [0.25, 0.3) is 0 Å². The van der Waals surface area contributed by atoms with Gasteiger partial charge in [-0.05, 0) is 62.1 Å². The van der Waals surface area contributed by atoms with E-state index in [-0.39, 0.29) is 11.9 Å². The van der Waals surface area contributed by atoms with E-state index in [9.17, 15) is 4.79 Å². The molecule has 0 bridgehead atoms. The Morgan fingerprint density at radius 1 is 1.07 bits per heavy atom. The first-order valence-electron chi connectivity index (χ1n) is 9.74. The lowest BCUT2D eigenvalue weighted by Crippen LogP contribution is -2.24. The van der Waals surface area contributed by atoms with Crippen LogP contribution in [0.25, 0.3) is 10.9 Å². The molecule has 0 saturated heterocycles.